The fraction of sp³-hybridized carbons (Fsp3) is 0.125. The average Bonchev–Trinajstić information content (AvgIpc) is 2.81. The normalized spacial score (nSPS) is 11.8. The molecule has 0 saturated heterocycles. The van der Waals surface area contributed by atoms with Gasteiger partial charge in [-0.15, -0.1) is 0 Å². The van der Waals surface area contributed by atoms with Gasteiger partial charge in [0.2, 0.25) is 0 Å². The van der Waals surface area contributed by atoms with E-state index in [0.29, 0.717) is 29.2 Å². The van der Waals surface area contributed by atoms with Gasteiger partial charge in [0.05, 0.1) is 16.5 Å². The van der Waals surface area contributed by atoms with E-state index in [1.807, 2.05) is 25.1 Å². The molecule has 0 bridgehead atoms. The number of benzene rings is 2. The minimum Gasteiger partial charge on any atom is -0.457 e. The van der Waals surface area contributed by atoms with Crippen LogP contribution in [-0.4, -0.2) is 29.5 Å². The number of hydrogen-bond acceptors (Lipinski definition) is 6. The van der Waals surface area contributed by atoms with E-state index in [1.165, 1.54) is 17.1 Å². The molecule has 0 saturated carbocycles. The van der Waals surface area contributed by atoms with Crippen LogP contribution in [0, 0.1) is 24.1 Å². The Bertz CT molecular complexity index is 1360. The molecule has 174 valence electrons. The van der Waals surface area contributed by atoms with E-state index >= 15 is 0 Å². The van der Waals surface area contributed by atoms with Crippen LogP contribution in [0.25, 0.3) is 0 Å². The van der Waals surface area contributed by atoms with E-state index in [2.05, 4.69) is 25.9 Å². The van der Waals surface area contributed by atoms with Gasteiger partial charge in [-0.1, -0.05) is 0 Å². The van der Waals surface area contributed by atoms with Gasteiger partial charge in [0.15, 0.2) is 11.3 Å². The van der Waals surface area contributed by atoms with Gasteiger partial charge < -0.3 is 21.2 Å². The van der Waals surface area contributed by atoms with E-state index in [-0.39, 0.29) is 15.7 Å². The van der Waals surface area contributed by atoms with Crippen LogP contribution in [0.4, 0.5) is 15.8 Å². The third-order valence-corrected chi connectivity index (χ3v) is 5.26. The molecule has 10 heteroatoms. The number of halogens is 2. The molecule has 8 nitrogen and oxygen atoms in total. The number of nitrogens with zero attached hydrogens (tertiary/aromatic N) is 5. The molecule has 2 aromatic carbocycles. The number of hydrogen-bond donors (Lipinski definition) is 2. The number of pyridine rings is 1. The van der Waals surface area contributed by atoms with E-state index < -0.39 is 5.82 Å². The number of nitrogens with two attached hydrogens (primary N) is 2. The molecular weight excluding hydrogens is 501 g/mol. The second-order valence-electron chi connectivity index (χ2n) is 7.32. The second kappa shape index (κ2) is 11.2. The smallest absolute Gasteiger partial charge is 0.157 e. The molecule has 0 unspecified atom stereocenters. The molecule has 34 heavy (non-hydrogen) atoms. The standard InChI is InChI=1S/C24H23BrFN7O/c1-16-12-17(28)4-7-22(16)34-18-8-11-33(29)23(13-18)30-9-3-10-32(2)15-31-21-6-5-20(25)24(26)19(21)14-27/h3-9,11-13,15H,10,28-29H2,1-2H3/b9-3-,30-23?,31-15?. The Morgan fingerprint density at radius 3 is 2.79 bits per heavy atom. The highest BCUT2D eigenvalue weighted by molar-refractivity contribution is 9.10. The van der Waals surface area contributed by atoms with Crippen LogP contribution in [-0.2, 0) is 0 Å². The van der Waals surface area contributed by atoms with Crippen LogP contribution in [0.5, 0.6) is 11.5 Å². The molecule has 1 aromatic heterocycles. The highest BCUT2D eigenvalue weighted by Crippen LogP contribution is 2.27. The Labute approximate surface area is 205 Å². The van der Waals surface area contributed by atoms with Gasteiger partial charge in [-0.05, 0) is 70.9 Å². The molecule has 0 aliphatic rings. The molecule has 0 spiro atoms. The zero-order valence-corrected chi connectivity index (χ0v) is 20.2. The number of nitrogen functional groups attached to an aromatic ring is 2. The zero-order chi connectivity index (χ0) is 24.7. The SMILES string of the molecule is Cc1cc(N)ccc1Oc1ccn(N)c(=N/C=C\CN(C)C=Nc2ccc(Br)c(F)c2C#N)c1. The number of nitriles is 1. The molecule has 0 aliphatic carbocycles. The van der Waals surface area contributed by atoms with Crippen LogP contribution in [0.2, 0.25) is 0 Å². The van der Waals surface area contributed by atoms with Crippen molar-refractivity contribution in [1.82, 2.24) is 9.58 Å². The molecule has 0 aliphatic heterocycles. The number of rotatable bonds is 7. The van der Waals surface area contributed by atoms with Gasteiger partial charge in [0.1, 0.15) is 23.1 Å². The van der Waals surface area contributed by atoms with Crippen molar-refractivity contribution in [1.29, 1.82) is 5.26 Å². The highest BCUT2D eigenvalue weighted by Gasteiger charge is 2.10. The van der Waals surface area contributed by atoms with Crippen molar-refractivity contribution in [2.75, 3.05) is 25.2 Å². The van der Waals surface area contributed by atoms with Crippen molar-refractivity contribution in [2.45, 2.75) is 6.92 Å². The van der Waals surface area contributed by atoms with Crippen molar-refractivity contribution >= 4 is 33.6 Å². The molecule has 3 rings (SSSR count). The first-order chi connectivity index (χ1) is 16.3. The van der Waals surface area contributed by atoms with Crippen LogP contribution in [0.3, 0.4) is 0 Å². The number of aromatic nitrogens is 1. The molecule has 0 fully saturated rings. The Hall–Kier alpha value is -4.10. The third kappa shape index (κ3) is 6.24. The largest absolute Gasteiger partial charge is 0.457 e. The molecule has 0 radical (unpaired) electrons. The molecule has 4 N–H and O–H groups in total. The monoisotopic (exact) mass is 523 g/mol. The molecule has 1 heterocycles. The summed E-state index contributed by atoms with van der Waals surface area (Å²) in [5.41, 5.74) is 8.00. The van der Waals surface area contributed by atoms with Gasteiger partial charge in [0, 0.05) is 37.7 Å². The van der Waals surface area contributed by atoms with E-state index in [9.17, 15) is 9.65 Å². The fourth-order valence-electron chi connectivity index (χ4n) is 2.87. The Morgan fingerprint density at radius 1 is 1.26 bits per heavy atom. The molecule has 3 aromatic rings. The first-order valence-corrected chi connectivity index (χ1v) is 10.9. The maximum atomic E-state index is 14.0. The minimum absolute atomic E-state index is 0.117. The maximum Gasteiger partial charge on any atom is 0.157 e. The quantitative estimate of drug-likeness (QED) is 0.206. The number of aryl methyl sites for hydroxylation is 1. The van der Waals surface area contributed by atoms with E-state index in [0.717, 1.165) is 5.56 Å². The fourth-order valence-corrected chi connectivity index (χ4v) is 3.20. The van der Waals surface area contributed by atoms with E-state index in [4.69, 9.17) is 16.3 Å². The predicted molar refractivity (Wildman–Crippen MR) is 135 cm³/mol. The van der Waals surface area contributed by atoms with Crippen LogP contribution < -0.4 is 21.8 Å². The summed E-state index contributed by atoms with van der Waals surface area (Å²) in [5.74, 6) is 6.60. The molecular formula is C24H23BrFN7O. The number of anilines is 1. The van der Waals surface area contributed by atoms with Crippen LogP contribution in [0.15, 0.2) is 75.4 Å². The lowest BCUT2D eigenvalue weighted by Gasteiger charge is -2.10. The van der Waals surface area contributed by atoms with Crippen LogP contribution in [0.1, 0.15) is 11.1 Å². The van der Waals surface area contributed by atoms with Crippen molar-refractivity contribution in [3.8, 4) is 17.6 Å². The van der Waals surface area contributed by atoms with Gasteiger partial charge in [-0.25, -0.2) is 14.4 Å². The van der Waals surface area contributed by atoms with Gasteiger partial charge >= 0.3 is 0 Å². The van der Waals surface area contributed by atoms with Crippen LogP contribution >= 0.6 is 15.9 Å². The summed E-state index contributed by atoms with van der Waals surface area (Å²) in [4.78, 5) is 10.3. The summed E-state index contributed by atoms with van der Waals surface area (Å²) in [6.07, 6.45) is 6.58. The lowest BCUT2D eigenvalue weighted by molar-refractivity contribution is 0.476. The summed E-state index contributed by atoms with van der Waals surface area (Å²) in [6.45, 7) is 2.39. The third-order valence-electron chi connectivity index (χ3n) is 4.65. The van der Waals surface area contributed by atoms with E-state index in [1.54, 1.807) is 54.7 Å². The Balaban J connectivity index is 1.67. The average molecular weight is 524 g/mol. The first kappa shape index (κ1) is 24.5. The summed E-state index contributed by atoms with van der Waals surface area (Å²) in [5, 5.41) is 9.17. The number of likely N-dealkylation sites (N-methyl/N-ethyl adjacent to an activating group) is 1. The van der Waals surface area contributed by atoms with Crippen molar-refractivity contribution in [2.24, 2.45) is 9.98 Å². The summed E-state index contributed by atoms with van der Waals surface area (Å²) >= 11 is 3.06. The van der Waals surface area contributed by atoms with Crippen molar-refractivity contribution < 1.29 is 9.13 Å². The van der Waals surface area contributed by atoms with Gasteiger partial charge in [-0.2, -0.15) is 5.26 Å². The molecule has 0 atom stereocenters. The minimum atomic E-state index is -0.633. The predicted octanol–water partition coefficient (Wildman–Crippen LogP) is 4.36. The number of ether oxygens (including phenoxy) is 1. The summed E-state index contributed by atoms with van der Waals surface area (Å²) < 4.78 is 21.5. The topological polar surface area (TPSA) is 118 Å². The van der Waals surface area contributed by atoms with Crippen molar-refractivity contribution in [3.05, 3.63) is 87.8 Å². The summed E-state index contributed by atoms with van der Waals surface area (Å²) in [7, 11) is 1.79. The highest BCUT2D eigenvalue weighted by atomic mass is 79.9. The van der Waals surface area contributed by atoms with Gasteiger partial charge in [0.25, 0.3) is 0 Å². The Kier molecular flexibility index (Phi) is 8.05. The lowest BCUT2D eigenvalue weighted by Crippen LogP contribution is -2.26. The zero-order valence-electron chi connectivity index (χ0n) is 18.6. The Morgan fingerprint density at radius 2 is 2.06 bits per heavy atom. The maximum absolute atomic E-state index is 14.0. The van der Waals surface area contributed by atoms with Crippen molar-refractivity contribution in [3.63, 3.8) is 0 Å². The molecule has 0 amide bonds. The summed E-state index contributed by atoms with van der Waals surface area (Å²) in [6, 6.07) is 13.8. The lowest BCUT2D eigenvalue weighted by atomic mass is 10.2. The first-order valence-electron chi connectivity index (χ1n) is 10.1. The van der Waals surface area contributed by atoms with Gasteiger partial charge in [-0.3, -0.25) is 4.68 Å². The second-order valence-corrected chi connectivity index (χ2v) is 8.17. The number of aliphatic imine (C=N–C) groups is 1.